The topological polar surface area (TPSA) is 93.1 Å². The number of carbonyl (C=O) groups excluding carboxylic acids is 2. The molecule has 0 aromatic rings. The molecule has 0 saturated carbocycles. The van der Waals surface area contributed by atoms with Gasteiger partial charge in [-0.25, -0.2) is 0 Å². The van der Waals surface area contributed by atoms with Crippen LogP contribution in [0.2, 0.25) is 0 Å². The second kappa shape index (κ2) is 30.0. The van der Waals surface area contributed by atoms with Crippen LogP contribution in [0.4, 0.5) is 0 Å². The SMILES string of the molecule is CC/C=C\C/C=C\CC(O)/C=C/C=C\C/C=C\CCCC(=O)OC[C@H](CO)OC(=O)CCCCCCCCCC(C)C. The minimum Gasteiger partial charge on any atom is -0.462 e. The molecule has 0 saturated heterocycles. The van der Waals surface area contributed by atoms with E-state index in [0.717, 1.165) is 50.9 Å². The van der Waals surface area contributed by atoms with Crippen molar-refractivity contribution in [1.82, 2.24) is 0 Å². The van der Waals surface area contributed by atoms with Gasteiger partial charge in [-0.15, -0.1) is 0 Å². The Balaban J connectivity index is 3.83. The molecule has 2 N–H and O–H groups in total. The summed E-state index contributed by atoms with van der Waals surface area (Å²) in [5.74, 6) is 0.0689. The van der Waals surface area contributed by atoms with Gasteiger partial charge in [0.2, 0.25) is 0 Å². The molecule has 0 bridgehead atoms. The van der Waals surface area contributed by atoms with Gasteiger partial charge in [-0.05, 0) is 50.9 Å². The molecule has 1 unspecified atom stereocenters. The molecule has 2 atom stereocenters. The van der Waals surface area contributed by atoms with Crippen molar-refractivity contribution in [3.05, 3.63) is 60.8 Å². The van der Waals surface area contributed by atoms with E-state index in [9.17, 15) is 19.8 Å². The van der Waals surface area contributed by atoms with Gasteiger partial charge >= 0.3 is 11.9 Å². The number of esters is 2. The van der Waals surface area contributed by atoms with E-state index in [2.05, 4.69) is 39.0 Å². The maximum absolute atomic E-state index is 12.0. The van der Waals surface area contributed by atoms with E-state index < -0.39 is 12.2 Å². The zero-order chi connectivity index (χ0) is 31.1. The second-order valence-electron chi connectivity index (χ2n) is 11.2. The van der Waals surface area contributed by atoms with Gasteiger partial charge in [0.15, 0.2) is 6.10 Å². The van der Waals surface area contributed by atoms with Gasteiger partial charge < -0.3 is 19.7 Å². The number of aliphatic hydroxyl groups excluding tert-OH is 2. The maximum Gasteiger partial charge on any atom is 0.306 e. The normalized spacial score (nSPS) is 13.9. The quantitative estimate of drug-likeness (QED) is 0.0433. The molecule has 6 nitrogen and oxygen atoms in total. The fraction of sp³-hybridized carbons (Fsp3) is 0.667. The van der Waals surface area contributed by atoms with Crippen LogP contribution in [0.5, 0.6) is 0 Å². The van der Waals surface area contributed by atoms with Crippen molar-refractivity contribution < 1.29 is 29.3 Å². The van der Waals surface area contributed by atoms with E-state index >= 15 is 0 Å². The van der Waals surface area contributed by atoms with Crippen molar-refractivity contribution in [1.29, 1.82) is 0 Å². The third kappa shape index (κ3) is 29.1. The highest BCUT2D eigenvalue weighted by atomic mass is 16.6. The molecule has 0 aliphatic carbocycles. The molecular weight excluding hydrogens is 528 g/mol. The smallest absolute Gasteiger partial charge is 0.306 e. The lowest BCUT2D eigenvalue weighted by Gasteiger charge is -2.15. The summed E-state index contributed by atoms with van der Waals surface area (Å²) in [5, 5.41) is 19.4. The average molecular weight is 589 g/mol. The first-order chi connectivity index (χ1) is 20.4. The number of carbonyl (C=O) groups is 2. The Morgan fingerprint density at radius 2 is 1.38 bits per heavy atom. The zero-order valence-corrected chi connectivity index (χ0v) is 26.8. The molecule has 0 aliphatic heterocycles. The van der Waals surface area contributed by atoms with Crippen LogP contribution < -0.4 is 0 Å². The van der Waals surface area contributed by atoms with Crippen molar-refractivity contribution >= 4 is 11.9 Å². The van der Waals surface area contributed by atoms with Gasteiger partial charge in [0, 0.05) is 12.8 Å². The Bertz CT molecular complexity index is 793. The third-order valence-electron chi connectivity index (χ3n) is 6.58. The average Bonchev–Trinajstić information content (AvgIpc) is 2.96. The first kappa shape index (κ1) is 39.6. The maximum atomic E-state index is 12.0. The van der Waals surface area contributed by atoms with E-state index in [1.807, 2.05) is 36.5 Å². The Labute approximate surface area is 256 Å². The molecule has 42 heavy (non-hydrogen) atoms. The standard InChI is InChI=1S/C36H60O6/c1-4-5-6-7-16-21-26-33(38)27-22-17-12-8-9-13-18-23-28-35(39)41-31-34(30-37)42-36(40)29-24-19-14-10-11-15-20-25-32(2)3/h5-6,9,12-13,16-17,21-22,27,32-34,37-38H,4,7-8,10-11,14-15,18-20,23-26,28-31H2,1-3H3/b6-5-,13-9-,17-12-,21-16-,27-22+/t33?,34-/m0/s1. The van der Waals surface area contributed by atoms with Crippen LogP contribution in [-0.2, 0) is 19.1 Å². The van der Waals surface area contributed by atoms with E-state index in [-0.39, 0.29) is 31.6 Å². The lowest BCUT2D eigenvalue weighted by molar-refractivity contribution is -0.161. The largest absolute Gasteiger partial charge is 0.462 e. The molecular formula is C36H60O6. The van der Waals surface area contributed by atoms with Gasteiger partial charge in [-0.2, -0.15) is 0 Å². The summed E-state index contributed by atoms with van der Waals surface area (Å²) in [7, 11) is 0. The van der Waals surface area contributed by atoms with Crippen LogP contribution in [0.25, 0.3) is 0 Å². The summed E-state index contributed by atoms with van der Waals surface area (Å²) in [6.07, 6.45) is 33.2. The van der Waals surface area contributed by atoms with Crippen LogP contribution in [-0.4, -0.2) is 47.6 Å². The minimum atomic E-state index is -0.811. The van der Waals surface area contributed by atoms with Crippen molar-refractivity contribution in [3.8, 4) is 0 Å². The van der Waals surface area contributed by atoms with Gasteiger partial charge in [0.1, 0.15) is 6.61 Å². The summed E-state index contributed by atoms with van der Waals surface area (Å²) in [6, 6.07) is 0. The molecule has 0 aliphatic rings. The number of hydrogen-bond acceptors (Lipinski definition) is 6. The van der Waals surface area contributed by atoms with Gasteiger partial charge in [-0.3, -0.25) is 9.59 Å². The molecule has 0 amide bonds. The lowest BCUT2D eigenvalue weighted by atomic mass is 10.0. The lowest BCUT2D eigenvalue weighted by Crippen LogP contribution is -2.28. The van der Waals surface area contributed by atoms with Crippen LogP contribution in [0.15, 0.2) is 60.8 Å². The van der Waals surface area contributed by atoms with Crippen LogP contribution in [0.1, 0.15) is 124 Å². The van der Waals surface area contributed by atoms with Crippen LogP contribution in [0, 0.1) is 5.92 Å². The first-order valence-electron chi connectivity index (χ1n) is 16.3. The molecule has 0 aromatic heterocycles. The number of allylic oxidation sites excluding steroid dienone is 8. The highest BCUT2D eigenvalue weighted by Gasteiger charge is 2.16. The fourth-order valence-electron chi connectivity index (χ4n) is 4.09. The summed E-state index contributed by atoms with van der Waals surface area (Å²) in [6.45, 7) is 6.14. The van der Waals surface area contributed by atoms with E-state index in [1.165, 1.54) is 32.1 Å². The van der Waals surface area contributed by atoms with E-state index in [4.69, 9.17) is 9.47 Å². The Hall–Kier alpha value is -2.44. The van der Waals surface area contributed by atoms with Crippen molar-refractivity contribution in [2.75, 3.05) is 13.2 Å². The Morgan fingerprint density at radius 1 is 0.738 bits per heavy atom. The summed E-state index contributed by atoms with van der Waals surface area (Å²) < 4.78 is 10.5. The van der Waals surface area contributed by atoms with Crippen molar-refractivity contribution in [2.24, 2.45) is 5.92 Å². The molecule has 0 spiro atoms. The van der Waals surface area contributed by atoms with E-state index in [1.54, 1.807) is 6.08 Å². The van der Waals surface area contributed by atoms with E-state index in [0.29, 0.717) is 19.3 Å². The highest BCUT2D eigenvalue weighted by molar-refractivity contribution is 5.70. The number of aliphatic hydroxyl groups is 2. The number of hydrogen-bond donors (Lipinski definition) is 2. The van der Waals surface area contributed by atoms with Gasteiger partial charge in [0.05, 0.1) is 12.7 Å². The molecule has 0 heterocycles. The third-order valence-corrected chi connectivity index (χ3v) is 6.58. The number of ether oxygens (including phenoxy) is 2. The summed E-state index contributed by atoms with van der Waals surface area (Å²) >= 11 is 0. The first-order valence-corrected chi connectivity index (χ1v) is 16.3. The molecule has 0 radical (unpaired) electrons. The van der Waals surface area contributed by atoms with Crippen molar-refractivity contribution in [2.45, 2.75) is 136 Å². The predicted molar refractivity (Wildman–Crippen MR) is 174 cm³/mol. The van der Waals surface area contributed by atoms with Gasteiger partial charge in [-0.1, -0.05) is 126 Å². The molecule has 0 rings (SSSR count). The molecule has 6 heteroatoms. The summed E-state index contributed by atoms with van der Waals surface area (Å²) in [5.41, 5.74) is 0. The summed E-state index contributed by atoms with van der Waals surface area (Å²) in [4.78, 5) is 24.0. The predicted octanol–water partition coefficient (Wildman–Crippen LogP) is 8.49. The van der Waals surface area contributed by atoms with Crippen LogP contribution >= 0.6 is 0 Å². The zero-order valence-electron chi connectivity index (χ0n) is 26.8. The fourth-order valence-corrected chi connectivity index (χ4v) is 4.09. The highest BCUT2D eigenvalue weighted by Crippen LogP contribution is 2.13. The van der Waals surface area contributed by atoms with Gasteiger partial charge in [0.25, 0.3) is 0 Å². The van der Waals surface area contributed by atoms with Crippen molar-refractivity contribution in [3.63, 3.8) is 0 Å². The molecule has 240 valence electrons. The Kier molecular flexibility index (Phi) is 28.3. The second-order valence-corrected chi connectivity index (χ2v) is 11.2. The molecule has 0 fully saturated rings. The molecule has 0 aromatic carbocycles. The minimum absolute atomic E-state index is 0.118. The number of rotatable bonds is 27. The van der Waals surface area contributed by atoms with Crippen LogP contribution in [0.3, 0.4) is 0 Å². The monoisotopic (exact) mass is 588 g/mol. The Morgan fingerprint density at radius 3 is 2.10 bits per heavy atom. The number of unbranched alkanes of at least 4 members (excludes halogenated alkanes) is 7.